The second kappa shape index (κ2) is 7.94. The molecule has 0 spiro atoms. The first-order valence-electron chi connectivity index (χ1n) is 8.64. The van der Waals surface area contributed by atoms with Crippen molar-refractivity contribution in [1.29, 1.82) is 0 Å². The van der Waals surface area contributed by atoms with Gasteiger partial charge < -0.3 is 9.26 Å². The maximum atomic E-state index is 13.1. The zero-order chi connectivity index (χ0) is 19.5. The quantitative estimate of drug-likeness (QED) is 0.388. The Balaban J connectivity index is 1.67. The standard InChI is InChI=1S/C22H16BrFN2O2/c1-27-20-10-7-15(11-14-5-8-18(24)9-6-14)12-19(20)21-25-22(28-26-21)16-3-2-4-17(23)13-16/h2-10,12-13H,11H2,1H3. The Morgan fingerprint density at radius 1 is 1.00 bits per heavy atom. The Morgan fingerprint density at radius 3 is 2.54 bits per heavy atom. The van der Waals surface area contributed by atoms with Crippen LogP contribution in [-0.4, -0.2) is 17.3 Å². The molecule has 0 saturated heterocycles. The van der Waals surface area contributed by atoms with E-state index < -0.39 is 0 Å². The summed E-state index contributed by atoms with van der Waals surface area (Å²) in [5.74, 6) is 1.30. The van der Waals surface area contributed by atoms with Crippen LogP contribution in [-0.2, 0) is 6.42 Å². The van der Waals surface area contributed by atoms with Crippen LogP contribution in [0.3, 0.4) is 0 Å². The highest BCUT2D eigenvalue weighted by molar-refractivity contribution is 9.10. The van der Waals surface area contributed by atoms with Crippen molar-refractivity contribution in [3.05, 3.63) is 88.1 Å². The molecule has 0 fully saturated rings. The van der Waals surface area contributed by atoms with Gasteiger partial charge in [0.25, 0.3) is 5.89 Å². The van der Waals surface area contributed by atoms with E-state index in [1.807, 2.05) is 42.5 Å². The average molecular weight is 439 g/mol. The maximum absolute atomic E-state index is 13.1. The Kier molecular flexibility index (Phi) is 5.21. The van der Waals surface area contributed by atoms with Crippen LogP contribution in [0.1, 0.15) is 11.1 Å². The van der Waals surface area contributed by atoms with Gasteiger partial charge in [-0.25, -0.2) is 4.39 Å². The van der Waals surface area contributed by atoms with E-state index in [2.05, 4.69) is 26.1 Å². The van der Waals surface area contributed by atoms with Gasteiger partial charge in [0, 0.05) is 10.0 Å². The third kappa shape index (κ3) is 3.97. The number of nitrogens with zero attached hydrogens (tertiary/aromatic N) is 2. The molecule has 0 N–H and O–H groups in total. The normalized spacial score (nSPS) is 10.8. The lowest BCUT2D eigenvalue weighted by Crippen LogP contribution is -1.94. The van der Waals surface area contributed by atoms with Gasteiger partial charge in [0.15, 0.2) is 0 Å². The topological polar surface area (TPSA) is 48.2 Å². The molecule has 0 saturated carbocycles. The molecular formula is C22H16BrFN2O2. The molecule has 0 aliphatic rings. The van der Waals surface area contributed by atoms with E-state index in [0.29, 0.717) is 23.9 Å². The molecule has 1 aromatic heterocycles. The van der Waals surface area contributed by atoms with E-state index in [1.54, 1.807) is 19.2 Å². The molecule has 3 aromatic carbocycles. The van der Waals surface area contributed by atoms with Crippen LogP contribution < -0.4 is 4.74 Å². The summed E-state index contributed by atoms with van der Waals surface area (Å²) in [7, 11) is 1.60. The fraction of sp³-hybridized carbons (Fsp3) is 0.0909. The van der Waals surface area contributed by atoms with Gasteiger partial charge in [0.2, 0.25) is 5.82 Å². The van der Waals surface area contributed by atoms with Crippen LogP contribution in [0.15, 0.2) is 75.7 Å². The number of halogens is 2. The first-order valence-corrected chi connectivity index (χ1v) is 9.43. The van der Waals surface area contributed by atoms with Crippen LogP contribution in [0.5, 0.6) is 5.75 Å². The van der Waals surface area contributed by atoms with Crippen molar-refractivity contribution in [3.63, 3.8) is 0 Å². The second-order valence-corrected chi connectivity index (χ2v) is 7.19. The van der Waals surface area contributed by atoms with Crippen LogP contribution >= 0.6 is 15.9 Å². The molecule has 140 valence electrons. The van der Waals surface area contributed by atoms with Gasteiger partial charge >= 0.3 is 0 Å². The summed E-state index contributed by atoms with van der Waals surface area (Å²) in [6.45, 7) is 0. The van der Waals surface area contributed by atoms with Crippen molar-refractivity contribution >= 4 is 15.9 Å². The molecule has 0 amide bonds. The Bertz CT molecular complexity index is 1110. The highest BCUT2D eigenvalue weighted by Crippen LogP contribution is 2.31. The van der Waals surface area contributed by atoms with Crippen molar-refractivity contribution in [1.82, 2.24) is 10.1 Å². The summed E-state index contributed by atoms with van der Waals surface area (Å²) in [5.41, 5.74) is 3.62. The van der Waals surface area contributed by atoms with Crippen molar-refractivity contribution in [2.24, 2.45) is 0 Å². The zero-order valence-corrected chi connectivity index (χ0v) is 16.6. The summed E-state index contributed by atoms with van der Waals surface area (Å²) < 4.78 is 25.0. The highest BCUT2D eigenvalue weighted by Gasteiger charge is 2.15. The van der Waals surface area contributed by atoms with Gasteiger partial charge in [-0.2, -0.15) is 4.98 Å². The Labute approximate surface area is 170 Å². The maximum Gasteiger partial charge on any atom is 0.258 e. The number of hydrogen-bond donors (Lipinski definition) is 0. The van der Waals surface area contributed by atoms with Crippen molar-refractivity contribution in [2.45, 2.75) is 6.42 Å². The number of rotatable bonds is 5. The fourth-order valence-electron chi connectivity index (χ4n) is 2.95. The van der Waals surface area contributed by atoms with Crippen molar-refractivity contribution in [2.75, 3.05) is 7.11 Å². The lowest BCUT2D eigenvalue weighted by molar-refractivity contribution is 0.413. The van der Waals surface area contributed by atoms with Crippen LogP contribution in [0.2, 0.25) is 0 Å². The van der Waals surface area contributed by atoms with Gasteiger partial charge in [-0.05, 0) is 60.0 Å². The first-order chi connectivity index (χ1) is 13.6. The zero-order valence-electron chi connectivity index (χ0n) is 15.0. The van der Waals surface area contributed by atoms with Gasteiger partial charge in [0.1, 0.15) is 11.6 Å². The number of ether oxygens (including phenoxy) is 1. The fourth-order valence-corrected chi connectivity index (χ4v) is 3.35. The molecule has 0 bridgehead atoms. The lowest BCUT2D eigenvalue weighted by atomic mass is 10.0. The number of aromatic nitrogens is 2. The van der Waals surface area contributed by atoms with E-state index in [9.17, 15) is 4.39 Å². The molecule has 0 atom stereocenters. The molecule has 6 heteroatoms. The van der Waals surface area contributed by atoms with E-state index in [1.165, 1.54) is 12.1 Å². The Morgan fingerprint density at radius 2 is 1.79 bits per heavy atom. The minimum atomic E-state index is -0.244. The number of hydrogen-bond acceptors (Lipinski definition) is 4. The molecular weight excluding hydrogens is 423 g/mol. The second-order valence-electron chi connectivity index (χ2n) is 6.27. The van der Waals surface area contributed by atoms with E-state index in [0.717, 1.165) is 26.7 Å². The summed E-state index contributed by atoms with van der Waals surface area (Å²) in [4.78, 5) is 4.53. The minimum absolute atomic E-state index is 0.244. The molecule has 0 unspecified atom stereocenters. The third-order valence-electron chi connectivity index (χ3n) is 4.32. The third-order valence-corrected chi connectivity index (χ3v) is 4.82. The SMILES string of the molecule is COc1ccc(Cc2ccc(F)cc2)cc1-c1noc(-c2cccc(Br)c2)n1. The van der Waals surface area contributed by atoms with Crippen molar-refractivity contribution in [3.8, 4) is 28.6 Å². The van der Waals surface area contributed by atoms with Crippen LogP contribution in [0.4, 0.5) is 4.39 Å². The molecule has 4 rings (SSSR count). The average Bonchev–Trinajstić information content (AvgIpc) is 3.20. The lowest BCUT2D eigenvalue weighted by Gasteiger charge is -2.08. The largest absolute Gasteiger partial charge is 0.496 e. The highest BCUT2D eigenvalue weighted by atomic mass is 79.9. The number of benzene rings is 3. The smallest absolute Gasteiger partial charge is 0.258 e. The predicted octanol–water partition coefficient (Wildman–Crippen LogP) is 5.90. The van der Waals surface area contributed by atoms with Gasteiger partial charge in [-0.3, -0.25) is 0 Å². The molecule has 4 aromatic rings. The monoisotopic (exact) mass is 438 g/mol. The minimum Gasteiger partial charge on any atom is -0.496 e. The Hall–Kier alpha value is -2.99. The summed E-state index contributed by atoms with van der Waals surface area (Å²) in [6.07, 6.45) is 0.660. The van der Waals surface area contributed by atoms with Crippen LogP contribution in [0.25, 0.3) is 22.8 Å². The number of methoxy groups -OCH3 is 1. The summed E-state index contributed by atoms with van der Waals surface area (Å²) in [6, 6.07) is 20.0. The summed E-state index contributed by atoms with van der Waals surface area (Å²) >= 11 is 3.45. The molecule has 0 aliphatic carbocycles. The first kappa shape index (κ1) is 18.4. The predicted molar refractivity (Wildman–Crippen MR) is 109 cm³/mol. The van der Waals surface area contributed by atoms with E-state index in [4.69, 9.17) is 9.26 Å². The van der Waals surface area contributed by atoms with Crippen LogP contribution in [0, 0.1) is 5.82 Å². The van der Waals surface area contributed by atoms with Gasteiger partial charge in [-0.1, -0.05) is 45.4 Å². The molecule has 28 heavy (non-hydrogen) atoms. The van der Waals surface area contributed by atoms with Gasteiger partial charge in [-0.15, -0.1) is 0 Å². The summed E-state index contributed by atoms with van der Waals surface area (Å²) in [5, 5.41) is 4.13. The molecule has 0 radical (unpaired) electrons. The molecule has 4 nitrogen and oxygen atoms in total. The molecule has 1 heterocycles. The molecule has 0 aliphatic heterocycles. The van der Waals surface area contributed by atoms with E-state index in [-0.39, 0.29) is 5.82 Å². The van der Waals surface area contributed by atoms with Crippen molar-refractivity contribution < 1.29 is 13.7 Å². The van der Waals surface area contributed by atoms with Gasteiger partial charge in [0.05, 0.1) is 12.7 Å². The van der Waals surface area contributed by atoms with E-state index >= 15 is 0 Å².